The standard InChI is InChI=1S/C17H15F3N2O3S/c1-24-15-9-12(13-7-8-14(26-13)17(18,19)20)22(23)16(21-15)25-10-11-5-3-2-4-6-11/h2-9,12,23H,10H2,1H3. The molecule has 1 atom stereocenters. The molecule has 0 amide bonds. The molecule has 1 N–H and O–H groups in total. The molecule has 138 valence electrons. The van der Waals surface area contributed by atoms with Crippen molar-refractivity contribution in [3.8, 4) is 0 Å². The van der Waals surface area contributed by atoms with Crippen molar-refractivity contribution in [2.24, 2.45) is 4.99 Å². The quantitative estimate of drug-likeness (QED) is 0.839. The van der Waals surface area contributed by atoms with Crippen LogP contribution in [0.1, 0.15) is 21.4 Å². The van der Waals surface area contributed by atoms with Gasteiger partial charge in [0.15, 0.2) is 0 Å². The lowest BCUT2D eigenvalue weighted by Gasteiger charge is -2.28. The third-order valence-electron chi connectivity index (χ3n) is 3.58. The minimum absolute atomic E-state index is 0.138. The summed E-state index contributed by atoms with van der Waals surface area (Å²) in [6.45, 7) is 0.138. The van der Waals surface area contributed by atoms with Crippen molar-refractivity contribution in [1.82, 2.24) is 5.06 Å². The number of thiophene rings is 1. The van der Waals surface area contributed by atoms with Crippen LogP contribution in [0.5, 0.6) is 0 Å². The van der Waals surface area contributed by atoms with Crippen molar-refractivity contribution >= 4 is 17.4 Å². The Morgan fingerprint density at radius 1 is 1.19 bits per heavy atom. The van der Waals surface area contributed by atoms with Gasteiger partial charge in [-0.15, -0.1) is 11.3 Å². The monoisotopic (exact) mass is 384 g/mol. The molecule has 9 heteroatoms. The fourth-order valence-electron chi connectivity index (χ4n) is 2.31. The van der Waals surface area contributed by atoms with Gasteiger partial charge in [0.2, 0.25) is 5.88 Å². The van der Waals surface area contributed by atoms with E-state index in [0.717, 1.165) is 11.6 Å². The van der Waals surface area contributed by atoms with Gasteiger partial charge in [-0.2, -0.15) is 23.2 Å². The molecule has 0 fully saturated rings. The van der Waals surface area contributed by atoms with Crippen LogP contribution in [0.25, 0.3) is 0 Å². The van der Waals surface area contributed by atoms with Gasteiger partial charge in [0.05, 0.1) is 7.11 Å². The van der Waals surface area contributed by atoms with Gasteiger partial charge in [-0.1, -0.05) is 30.3 Å². The zero-order chi connectivity index (χ0) is 18.7. The molecule has 0 spiro atoms. The van der Waals surface area contributed by atoms with E-state index < -0.39 is 17.1 Å². The summed E-state index contributed by atoms with van der Waals surface area (Å²) in [6, 6.07) is 10.5. The van der Waals surface area contributed by atoms with Crippen molar-refractivity contribution in [3.05, 3.63) is 69.7 Å². The maximum absolute atomic E-state index is 12.8. The number of aliphatic imine (C=N–C) groups is 1. The molecule has 0 saturated carbocycles. The third-order valence-corrected chi connectivity index (χ3v) is 4.78. The van der Waals surface area contributed by atoms with Crippen LogP contribution in [0.3, 0.4) is 0 Å². The molecule has 1 aliphatic rings. The normalized spacial score (nSPS) is 17.6. The van der Waals surface area contributed by atoms with Crippen LogP contribution >= 0.6 is 11.3 Å². The highest BCUT2D eigenvalue weighted by molar-refractivity contribution is 7.12. The third kappa shape index (κ3) is 4.00. The Morgan fingerprint density at radius 3 is 2.54 bits per heavy atom. The second-order valence-electron chi connectivity index (χ2n) is 5.37. The number of amidine groups is 1. The number of alkyl halides is 3. The summed E-state index contributed by atoms with van der Waals surface area (Å²) in [5.41, 5.74) is 0.851. The van der Waals surface area contributed by atoms with Crippen LogP contribution in [0.4, 0.5) is 13.2 Å². The summed E-state index contributed by atoms with van der Waals surface area (Å²) in [5.74, 6) is 0.144. The largest absolute Gasteiger partial charge is 0.481 e. The molecule has 1 unspecified atom stereocenters. The first-order valence-electron chi connectivity index (χ1n) is 7.54. The molecule has 26 heavy (non-hydrogen) atoms. The number of rotatable bonds is 4. The van der Waals surface area contributed by atoms with E-state index in [1.807, 2.05) is 30.3 Å². The van der Waals surface area contributed by atoms with Crippen molar-refractivity contribution in [2.75, 3.05) is 7.11 Å². The zero-order valence-corrected chi connectivity index (χ0v) is 14.4. The average Bonchev–Trinajstić information content (AvgIpc) is 3.12. The van der Waals surface area contributed by atoms with Gasteiger partial charge >= 0.3 is 12.2 Å². The Morgan fingerprint density at radius 2 is 1.92 bits per heavy atom. The number of methoxy groups -OCH3 is 1. The maximum atomic E-state index is 12.8. The van der Waals surface area contributed by atoms with Crippen molar-refractivity contribution in [1.29, 1.82) is 0 Å². The van der Waals surface area contributed by atoms with Gasteiger partial charge in [0.1, 0.15) is 17.5 Å². The Kier molecular flexibility index (Phi) is 5.19. The first-order valence-corrected chi connectivity index (χ1v) is 8.36. The average molecular weight is 384 g/mol. The summed E-state index contributed by atoms with van der Waals surface area (Å²) in [6.07, 6.45) is -3.02. The molecule has 2 aromatic rings. The number of nitrogens with zero attached hydrogens (tertiary/aromatic N) is 2. The van der Waals surface area contributed by atoms with E-state index in [1.165, 1.54) is 19.3 Å². The van der Waals surface area contributed by atoms with E-state index >= 15 is 0 Å². The number of hydrogen-bond donors (Lipinski definition) is 1. The Balaban J connectivity index is 1.81. The Labute approximate surface area is 151 Å². The van der Waals surface area contributed by atoms with E-state index in [-0.39, 0.29) is 23.4 Å². The molecule has 5 nitrogen and oxygen atoms in total. The molecular weight excluding hydrogens is 369 g/mol. The summed E-state index contributed by atoms with van der Waals surface area (Å²) in [4.78, 5) is 3.55. The molecule has 0 saturated heterocycles. The highest BCUT2D eigenvalue weighted by atomic mass is 32.1. The zero-order valence-electron chi connectivity index (χ0n) is 13.6. The van der Waals surface area contributed by atoms with Crippen molar-refractivity contribution < 1.29 is 27.9 Å². The Bertz CT molecular complexity index is 818. The van der Waals surface area contributed by atoms with Crippen LogP contribution < -0.4 is 0 Å². The minimum Gasteiger partial charge on any atom is -0.481 e. The van der Waals surface area contributed by atoms with Gasteiger partial charge in [-0.05, 0) is 17.7 Å². The lowest BCUT2D eigenvalue weighted by molar-refractivity contribution is -0.134. The van der Waals surface area contributed by atoms with Gasteiger partial charge in [-0.25, -0.2) is 0 Å². The first kappa shape index (κ1) is 18.3. The van der Waals surface area contributed by atoms with E-state index in [2.05, 4.69) is 4.99 Å². The summed E-state index contributed by atoms with van der Waals surface area (Å²) in [5, 5.41) is 11.1. The molecule has 0 aliphatic carbocycles. The molecule has 0 radical (unpaired) electrons. The van der Waals surface area contributed by atoms with Crippen LogP contribution in [0, 0.1) is 0 Å². The summed E-state index contributed by atoms with van der Waals surface area (Å²) < 4.78 is 49.1. The van der Waals surface area contributed by atoms with E-state index in [1.54, 1.807) is 0 Å². The molecular formula is C17H15F3N2O3S. The lowest BCUT2D eigenvalue weighted by Crippen LogP contribution is -2.35. The number of halogens is 3. The topological polar surface area (TPSA) is 54.3 Å². The van der Waals surface area contributed by atoms with Crippen LogP contribution in [0.2, 0.25) is 0 Å². The second kappa shape index (κ2) is 7.38. The van der Waals surface area contributed by atoms with E-state index in [9.17, 15) is 18.4 Å². The van der Waals surface area contributed by atoms with Gasteiger partial charge in [0, 0.05) is 11.0 Å². The van der Waals surface area contributed by atoms with Crippen LogP contribution in [-0.2, 0) is 22.3 Å². The summed E-state index contributed by atoms with van der Waals surface area (Å²) in [7, 11) is 1.38. The Hall–Kier alpha value is -2.52. The second-order valence-corrected chi connectivity index (χ2v) is 6.48. The fraction of sp³-hybridized carbons (Fsp3) is 0.235. The van der Waals surface area contributed by atoms with Gasteiger partial charge in [0.25, 0.3) is 0 Å². The molecule has 1 aliphatic heterocycles. The van der Waals surface area contributed by atoms with Crippen LogP contribution in [-0.4, -0.2) is 23.4 Å². The SMILES string of the molecule is COC1=CC(c2ccc(C(F)(F)F)s2)N(O)C(OCc2ccccc2)=N1. The first-order chi connectivity index (χ1) is 12.4. The maximum Gasteiger partial charge on any atom is 0.425 e. The van der Waals surface area contributed by atoms with Gasteiger partial charge < -0.3 is 9.47 Å². The van der Waals surface area contributed by atoms with Gasteiger partial charge in [-0.3, -0.25) is 5.21 Å². The fourth-order valence-corrected chi connectivity index (χ4v) is 3.24. The number of hydroxylamine groups is 2. The highest BCUT2D eigenvalue weighted by Crippen LogP contribution is 2.39. The molecule has 1 aromatic carbocycles. The van der Waals surface area contributed by atoms with E-state index in [4.69, 9.17) is 9.47 Å². The number of benzene rings is 1. The molecule has 0 bridgehead atoms. The highest BCUT2D eigenvalue weighted by Gasteiger charge is 2.35. The number of ether oxygens (including phenoxy) is 2. The van der Waals surface area contributed by atoms with Crippen molar-refractivity contribution in [3.63, 3.8) is 0 Å². The van der Waals surface area contributed by atoms with E-state index in [0.29, 0.717) is 16.4 Å². The number of hydrogen-bond acceptors (Lipinski definition) is 6. The lowest BCUT2D eigenvalue weighted by atomic mass is 10.2. The van der Waals surface area contributed by atoms with Crippen molar-refractivity contribution in [2.45, 2.75) is 18.8 Å². The summed E-state index contributed by atoms with van der Waals surface area (Å²) >= 11 is 0.542. The predicted octanol–water partition coefficient (Wildman–Crippen LogP) is 4.57. The molecule has 1 aromatic heterocycles. The molecule has 3 rings (SSSR count). The molecule has 2 heterocycles. The minimum atomic E-state index is -4.44. The smallest absolute Gasteiger partial charge is 0.425 e. The predicted molar refractivity (Wildman–Crippen MR) is 89.4 cm³/mol. The van der Waals surface area contributed by atoms with Crippen LogP contribution in [0.15, 0.2) is 59.4 Å².